The molecule has 0 unspecified atom stereocenters. The molecule has 6 heteroatoms. The summed E-state index contributed by atoms with van der Waals surface area (Å²) < 4.78 is 0. The highest BCUT2D eigenvalue weighted by molar-refractivity contribution is 7.16. The minimum absolute atomic E-state index is 0.152. The van der Waals surface area contributed by atoms with Gasteiger partial charge >= 0.3 is 0 Å². The molecular formula is C14H20N4OS. The van der Waals surface area contributed by atoms with Gasteiger partial charge in [-0.3, -0.25) is 0 Å². The highest BCUT2D eigenvalue weighted by atomic mass is 32.1. The zero-order valence-electron chi connectivity index (χ0n) is 11.6. The number of aliphatic hydroxyl groups is 1. The van der Waals surface area contributed by atoms with Crippen molar-refractivity contribution in [3.63, 3.8) is 0 Å². The second-order valence-corrected chi connectivity index (χ2v) is 6.23. The van der Waals surface area contributed by atoms with Gasteiger partial charge in [-0.05, 0) is 31.2 Å². The van der Waals surface area contributed by atoms with Crippen LogP contribution in [0.15, 0.2) is 11.4 Å². The Hall–Kier alpha value is -1.40. The maximum atomic E-state index is 9.75. The Balaban J connectivity index is 1.98. The minimum atomic E-state index is -0.216. The van der Waals surface area contributed by atoms with E-state index < -0.39 is 0 Å². The van der Waals surface area contributed by atoms with Gasteiger partial charge in [-0.25, -0.2) is 4.98 Å². The lowest BCUT2D eigenvalue weighted by Gasteiger charge is -2.29. The first kappa shape index (κ1) is 13.6. The fourth-order valence-corrected chi connectivity index (χ4v) is 3.58. The summed E-state index contributed by atoms with van der Waals surface area (Å²) in [6.07, 6.45) is 4.31. The number of nitrogens with zero attached hydrogens (tertiary/aromatic N) is 2. The van der Waals surface area contributed by atoms with E-state index in [1.807, 2.05) is 18.4 Å². The summed E-state index contributed by atoms with van der Waals surface area (Å²) in [5.41, 5.74) is -0.216. The monoisotopic (exact) mass is 292 g/mol. The van der Waals surface area contributed by atoms with Crippen LogP contribution in [-0.4, -0.2) is 33.8 Å². The average Bonchev–Trinajstić information content (AvgIpc) is 3.08. The highest BCUT2D eigenvalue weighted by Crippen LogP contribution is 2.35. The summed E-state index contributed by atoms with van der Waals surface area (Å²) in [4.78, 5) is 10.1. The second kappa shape index (κ2) is 5.54. The summed E-state index contributed by atoms with van der Waals surface area (Å²) in [5.74, 6) is 1.49. The largest absolute Gasteiger partial charge is 0.394 e. The van der Waals surface area contributed by atoms with Crippen molar-refractivity contribution >= 4 is 33.3 Å². The zero-order chi connectivity index (χ0) is 14.0. The smallest absolute Gasteiger partial charge is 0.226 e. The van der Waals surface area contributed by atoms with Crippen molar-refractivity contribution in [1.82, 2.24) is 9.97 Å². The molecule has 0 aromatic carbocycles. The van der Waals surface area contributed by atoms with Crippen molar-refractivity contribution in [2.24, 2.45) is 0 Å². The van der Waals surface area contributed by atoms with Crippen molar-refractivity contribution in [3.05, 3.63) is 11.4 Å². The van der Waals surface area contributed by atoms with Gasteiger partial charge in [-0.15, -0.1) is 11.3 Å². The highest BCUT2D eigenvalue weighted by Gasteiger charge is 2.34. The fraction of sp³-hybridized carbons (Fsp3) is 0.571. The van der Waals surface area contributed by atoms with E-state index in [-0.39, 0.29) is 12.1 Å². The Morgan fingerprint density at radius 3 is 2.85 bits per heavy atom. The minimum Gasteiger partial charge on any atom is -0.394 e. The molecule has 1 aliphatic carbocycles. The van der Waals surface area contributed by atoms with E-state index in [4.69, 9.17) is 0 Å². The SMILES string of the molecule is CCNc1nc(NC2(CO)CCCC2)c2ccsc2n1. The molecule has 2 aromatic heterocycles. The van der Waals surface area contributed by atoms with Crippen molar-refractivity contribution < 1.29 is 5.11 Å². The molecule has 0 bridgehead atoms. The van der Waals surface area contributed by atoms with E-state index >= 15 is 0 Å². The van der Waals surface area contributed by atoms with Crippen LogP contribution < -0.4 is 10.6 Å². The number of anilines is 2. The Labute approximate surface area is 122 Å². The number of aliphatic hydroxyl groups excluding tert-OH is 1. The third kappa shape index (κ3) is 2.45. The van der Waals surface area contributed by atoms with Crippen molar-refractivity contribution in [2.75, 3.05) is 23.8 Å². The van der Waals surface area contributed by atoms with Gasteiger partial charge < -0.3 is 15.7 Å². The molecule has 2 heterocycles. The van der Waals surface area contributed by atoms with Gasteiger partial charge in [0.25, 0.3) is 0 Å². The molecule has 1 saturated carbocycles. The van der Waals surface area contributed by atoms with Crippen LogP contribution >= 0.6 is 11.3 Å². The number of thiophene rings is 1. The number of hydrogen-bond donors (Lipinski definition) is 3. The predicted molar refractivity (Wildman–Crippen MR) is 83.5 cm³/mol. The summed E-state index contributed by atoms with van der Waals surface area (Å²) in [6.45, 7) is 2.97. The Morgan fingerprint density at radius 2 is 2.15 bits per heavy atom. The van der Waals surface area contributed by atoms with Gasteiger partial charge in [-0.1, -0.05) is 12.8 Å². The molecule has 20 heavy (non-hydrogen) atoms. The van der Waals surface area contributed by atoms with Crippen LogP contribution in [0.3, 0.4) is 0 Å². The molecule has 0 spiro atoms. The normalized spacial score (nSPS) is 17.5. The van der Waals surface area contributed by atoms with Crippen LogP contribution in [0.1, 0.15) is 32.6 Å². The van der Waals surface area contributed by atoms with E-state index in [1.165, 1.54) is 0 Å². The van der Waals surface area contributed by atoms with Gasteiger partial charge in [0, 0.05) is 6.54 Å². The standard InChI is InChI=1S/C14H20N4OS/c1-2-15-13-16-11(10-5-8-20-12(10)17-13)18-14(9-19)6-3-4-7-14/h5,8,19H,2-4,6-7,9H2,1H3,(H2,15,16,17,18). The summed E-state index contributed by atoms with van der Waals surface area (Å²) in [5, 5.41) is 19.5. The average molecular weight is 292 g/mol. The molecule has 108 valence electrons. The van der Waals surface area contributed by atoms with Crippen LogP contribution in [-0.2, 0) is 0 Å². The van der Waals surface area contributed by atoms with E-state index in [0.717, 1.165) is 48.3 Å². The van der Waals surface area contributed by atoms with Crippen molar-refractivity contribution in [3.8, 4) is 0 Å². The number of hydrogen-bond acceptors (Lipinski definition) is 6. The van der Waals surface area contributed by atoms with Gasteiger partial charge in [0.05, 0.1) is 17.5 Å². The lowest BCUT2D eigenvalue weighted by molar-refractivity contribution is 0.214. The molecule has 0 radical (unpaired) electrons. The summed E-state index contributed by atoms with van der Waals surface area (Å²) in [6, 6.07) is 2.04. The molecule has 1 aliphatic rings. The maximum absolute atomic E-state index is 9.75. The van der Waals surface area contributed by atoms with Gasteiger partial charge in [-0.2, -0.15) is 4.98 Å². The van der Waals surface area contributed by atoms with E-state index in [1.54, 1.807) is 11.3 Å². The van der Waals surface area contributed by atoms with Crippen LogP contribution in [0, 0.1) is 0 Å². The molecule has 2 aromatic rings. The first-order valence-corrected chi connectivity index (χ1v) is 8.02. The van der Waals surface area contributed by atoms with Crippen LogP contribution in [0.2, 0.25) is 0 Å². The fourth-order valence-electron chi connectivity index (χ4n) is 2.81. The molecule has 1 fully saturated rings. The zero-order valence-corrected chi connectivity index (χ0v) is 12.5. The first-order chi connectivity index (χ1) is 9.76. The molecule has 0 saturated heterocycles. The third-order valence-electron chi connectivity index (χ3n) is 3.91. The molecule has 0 aliphatic heterocycles. The van der Waals surface area contributed by atoms with E-state index in [2.05, 4.69) is 20.6 Å². The molecule has 0 amide bonds. The number of nitrogens with one attached hydrogen (secondary N) is 2. The van der Waals surface area contributed by atoms with Crippen LogP contribution in [0.25, 0.3) is 10.2 Å². The lowest BCUT2D eigenvalue weighted by Crippen LogP contribution is -2.39. The molecule has 3 N–H and O–H groups in total. The van der Waals surface area contributed by atoms with E-state index in [0.29, 0.717) is 5.95 Å². The van der Waals surface area contributed by atoms with Gasteiger partial charge in [0.15, 0.2) is 0 Å². The molecule has 0 atom stereocenters. The number of fused-ring (bicyclic) bond motifs is 1. The van der Waals surface area contributed by atoms with Crippen LogP contribution in [0.5, 0.6) is 0 Å². The molecule has 3 rings (SSSR count). The Morgan fingerprint density at radius 1 is 1.35 bits per heavy atom. The lowest BCUT2D eigenvalue weighted by atomic mass is 9.99. The van der Waals surface area contributed by atoms with Gasteiger partial charge in [0.1, 0.15) is 10.6 Å². The molecular weight excluding hydrogens is 272 g/mol. The van der Waals surface area contributed by atoms with Crippen molar-refractivity contribution in [2.45, 2.75) is 38.1 Å². The predicted octanol–water partition coefficient (Wildman–Crippen LogP) is 2.84. The van der Waals surface area contributed by atoms with E-state index in [9.17, 15) is 5.11 Å². The quantitative estimate of drug-likeness (QED) is 0.790. The Bertz CT molecular complexity index is 592. The van der Waals surface area contributed by atoms with Gasteiger partial charge in [0.2, 0.25) is 5.95 Å². The Kier molecular flexibility index (Phi) is 3.76. The van der Waals surface area contributed by atoms with Crippen LogP contribution in [0.4, 0.5) is 11.8 Å². The summed E-state index contributed by atoms with van der Waals surface area (Å²) >= 11 is 1.61. The number of rotatable bonds is 5. The first-order valence-electron chi connectivity index (χ1n) is 7.14. The van der Waals surface area contributed by atoms with Crippen molar-refractivity contribution in [1.29, 1.82) is 0 Å². The number of aromatic nitrogens is 2. The second-order valence-electron chi connectivity index (χ2n) is 5.34. The summed E-state index contributed by atoms with van der Waals surface area (Å²) in [7, 11) is 0. The molecule has 5 nitrogen and oxygen atoms in total. The maximum Gasteiger partial charge on any atom is 0.226 e. The topological polar surface area (TPSA) is 70.1 Å². The third-order valence-corrected chi connectivity index (χ3v) is 4.71.